The quantitative estimate of drug-likeness (QED) is 0.165. The van der Waals surface area contributed by atoms with Crippen LogP contribution in [0.1, 0.15) is 29.7 Å². The Labute approximate surface area is 228 Å². The zero-order valence-electron chi connectivity index (χ0n) is 21.7. The first-order valence-corrected chi connectivity index (χ1v) is 12.5. The normalized spacial score (nSPS) is 13.1. The molecule has 0 saturated heterocycles. The molecule has 0 spiro atoms. The first-order valence-electron chi connectivity index (χ1n) is 12.5. The largest absolute Gasteiger partial charge is 0.506 e. The number of fused-ring (bicyclic) bond motifs is 1. The van der Waals surface area contributed by atoms with Crippen molar-refractivity contribution in [2.24, 2.45) is 5.73 Å². The number of carbonyl (C=O) groups excluding carboxylic acids is 1. The number of ether oxygens (including phenoxy) is 1. The lowest BCUT2D eigenvalue weighted by atomic mass is 10.0. The number of rotatable bonds is 11. The molecule has 4 rings (SSSR count). The number of carbonyl (C=O) groups is 1. The van der Waals surface area contributed by atoms with Crippen LogP contribution in [0.5, 0.6) is 11.5 Å². The van der Waals surface area contributed by atoms with Gasteiger partial charge in [0.2, 0.25) is 5.56 Å². The van der Waals surface area contributed by atoms with E-state index in [9.17, 15) is 28.6 Å². The average Bonchev–Trinajstić information content (AvgIpc) is 2.91. The molecule has 40 heavy (non-hydrogen) atoms. The van der Waals surface area contributed by atoms with E-state index in [4.69, 9.17) is 10.5 Å². The van der Waals surface area contributed by atoms with E-state index in [2.05, 4.69) is 15.6 Å². The molecule has 0 aliphatic heterocycles. The molecular weight excluding hydrogens is 522 g/mol. The minimum Gasteiger partial charge on any atom is -0.506 e. The molecule has 9 nitrogen and oxygen atoms in total. The Hall–Kier alpha value is -4.48. The van der Waals surface area contributed by atoms with E-state index in [0.717, 1.165) is 11.6 Å². The van der Waals surface area contributed by atoms with Gasteiger partial charge in [-0.15, -0.1) is 0 Å². The van der Waals surface area contributed by atoms with Gasteiger partial charge in [0.1, 0.15) is 11.5 Å². The maximum absolute atomic E-state index is 14.8. The predicted molar refractivity (Wildman–Crippen MR) is 148 cm³/mol. The van der Waals surface area contributed by atoms with Gasteiger partial charge >= 0.3 is 12.0 Å². The molecule has 210 valence electrons. The number of phenolic OH excluding ortho intramolecular Hbond substituents is 1. The van der Waals surface area contributed by atoms with E-state index in [1.165, 1.54) is 30.3 Å². The molecule has 11 heteroatoms. The van der Waals surface area contributed by atoms with Gasteiger partial charge in [-0.2, -0.15) is 8.78 Å². The number of H-pyrrole nitrogens is 1. The lowest BCUT2D eigenvalue weighted by Gasteiger charge is -2.20. The molecule has 1 unspecified atom stereocenters. The molecule has 0 saturated carbocycles. The van der Waals surface area contributed by atoms with Crippen molar-refractivity contribution in [2.75, 3.05) is 18.5 Å². The molecule has 2 atom stereocenters. The summed E-state index contributed by atoms with van der Waals surface area (Å²) in [6, 6.07) is 17.0. The van der Waals surface area contributed by atoms with Gasteiger partial charge in [-0.25, -0.2) is 4.79 Å². The summed E-state index contributed by atoms with van der Waals surface area (Å²) in [6.45, 7) is 1.22. The number of aliphatic hydroxyl groups is 1. The second-order valence-corrected chi connectivity index (χ2v) is 9.52. The zero-order valence-corrected chi connectivity index (χ0v) is 21.7. The van der Waals surface area contributed by atoms with Crippen LogP contribution in [0.2, 0.25) is 0 Å². The maximum Gasteiger partial charge on any atom is 0.316 e. The number of urea groups is 1. The van der Waals surface area contributed by atoms with Crippen molar-refractivity contribution in [1.82, 2.24) is 10.3 Å². The molecule has 2 amide bonds. The van der Waals surface area contributed by atoms with E-state index in [-0.39, 0.29) is 46.4 Å². The SMILES string of the molecule is CC(Cc1cccc(OCC(F)(F)c2cccc(NC(N)=O)c2)c1)NC[C@H](O)c1ccc(O)c2[nH]c(=O)ccc12. The van der Waals surface area contributed by atoms with Crippen molar-refractivity contribution in [1.29, 1.82) is 0 Å². The number of aromatic nitrogens is 1. The highest BCUT2D eigenvalue weighted by atomic mass is 19.3. The van der Waals surface area contributed by atoms with Gasteiger partial charge in [-0.05, 0) is 60.9 Å². The number of benzene rings is 3. The Bertz CT molecular complexity index is 1560. The maximum atomic E-state index is 14.8. The average molecular weight is 553 g/mol. The Morgan fingerprint density at radius 2 is 1.88 bits per heavy atom. The summed E-state index contributed by atoms with van der Waals surface area (Å²) in [4.78, 5) is 25.2. The van der Waals surface area contributed by atoms with E-state index < -0.39 is 24.7 Å². The molecule has 7 N–H and O–H groups in total. The van der Waals surface area contributed by atoms with E-state index in [1.807, 2.05) is 13.0 Å². The molecule has 0 bridgehead atoms. The molecule has 1 heterocycles. The van der Waals surface area contributed by atoms with Gasteiger partial charge in [-0.1, -0.05) is 30.3 Å². The van der Waals surface area contributed by atoms with Crippen LogP contribution < -0.4 is 26.7 Å². The lowest BCUT2D eigenvalue weighted by Crippen LogP contribution is -2.32. The summed E-state index contributed by atoms with van der Waals surface area (Å²) >= 11 is 0. The molecule has 1 aromatic heterocycles. The van der Waals surface area contributed by atoms with Crippen LogP contribution in [0.3, 0.4) is 0 Å². The molecule has 0 aliphatic rings. The highest BCUT2D eigenvalue weighted by Gasteiger charge is 2.33. The fraction of sp³-hybridized carbons (Fsp3) is 0.241. The third kappa shape index (κ3) is 7.13. The van der Waals surface area contributed by atoms with Crippen molar-refractivity contribution >= 4 is 22.6 Å². The molecular formula is C29H30F2N4O5. The Morgan fingerprint density at radius 1 is 1.10 bits per heavy atom. The number of aromatic hydroxyl groups is 1. The van der Waals surface area contributed by atoms with Crippen LogP contribution >= 0.6 is 0 Å². The third-order valence-corrected chi connectivity index (χ3v) is 6.34. The van der Waals surface area contributed by atoms with Crippen LogP contribution in [-0.4, -0.2) is 40.4 Å². The number of amides is 2. The summed E-state index contributed by atoms with van der Waals surface area (Å²) in [5, 5.41) is 26.9. The number of pyridine rings is 1. The molecule has 4 aromatic rings. The summed E-state index contributed by atoms with van der Waals surface area (Å²) in [5.41, 5.74) is 6.19. The zero-order chi connectivity index (χ0) is 28.9. The summed E-state index contributed by atoms with van der Waals surface area (Å²) < 4.78 is 35.0. The number of aliphatic hydroxyl groups excluding tert-OH is 1. The second-order valence-electron chi connectivity index (χ2n) is 9.52. The first-order chi connectivity index (χ1) is 19.0. The minimum atomic E-state index is -3.32. The number of phenols is 1. The van der Waals surface area contributed by atoms with Gasteiger partial charge in [0.15, 0.2) is 6.61 Å². The fourth-order valence-corrected chi connectivity index (χ4v) is 4.38. The third-order valence-electron chi connectivity index (χ3n) is 6.34. The van der Waals surface area contributed by atoms with Crippen molar-refractivity contribution < 1.29 is 28.5 Å². The van der Waals surface area contributed by atoms with Crippen molar-refractivity contribution in [3.63, 3.8) is 0 Å². The second kappa shape index (κ2) is 12.1. The molecule has 3 aromatic carbocycles. The van der Waals surface area contributed by atoms with Crippen molar-refractivity contribution in [3.05, 3.63) is 99.8 Å². The van der Waals surface area contributed by atoms with Crippen LogP contribution in [0.15, 0.2) is 77.6 Å². The number of aromatic amines is 1. The summed E-state index contributed by atoms with van der Waals surface area (Å²) in [5.74, 6) is -3.12. The van der Waals surface area contributed by atoms with E-state index in [1.54, 1.807) is 30.3 Å². The fourth-order valence-electron chi connectivity index (χ4n) is 4.38. The number of nitrogens with one attached hydrogen (secondary N) is 3. The first kappa shape index (κ1) is 28.5. The number of hydrogen-bond donors (Lipinski definition) is 6. The number of hydrogen-bond acceptors (Lipinski definition) is 6. The summed E-state index contributed by atoms with van der Waals surface area (Å²) in [7, 11) is 0. The van der Waals surface area contributed by atoms with E-state index in [0.29, 0.717) is 17.4 Å². The number of halogens is 2. The highest BCUT2D eigenvalue weighted by Crippen LogP contribution is 2.31. The molecule has 0 aliphatic carbocycles. The van der Waals surface area contributed by atoms with Gasteiger partial charge in [0.25, 0.3) is 0 Å². The van der Waals surface area contributed by atoms with Gasteiger partial charge in [0.05, 0.1) is 11.6 Å². The number of nitrogens with two attached hydrogens (primary N) is 1. The highest BCUT2D eigenvalue weighted by molar-refractivity contribution is 5.88. The number of alkyl halides is 2. The Morgan fingerprint density at radius 3 is 2.65 bits per heavy atom. The predicted octanol–water partition coefficient (Wildman–Crippen LogP) is 4.15. The van der Waals surface area contributed by atoms with Gasteiger partial charge < -0.3 is 36.3 Å². The van der Waals surface area contributed by atoms with Gasteiger partial charge in [-0.3, -0.25) is 4.79 Å². The lowest BCUT2D eigenvalue weighted by molar-refractivity contribution is -0.0467. The Kier molecular flexibility index (Phi) is 8.66. The smallest absolute Gasteiger partial charge is 0.316 e. The molecule has 0 fully saturated rings. The minimum absolute atomic E-state index is 0.0848. The monoisotopic (exact) mass is 552 g/mol. The van der Waals surface area contributed by atoms with Crippen molar-refractivity contribution in [3.8, 4) is 11.5 Å². The standard InChI is InChI=1S/C29H30F2N4O5/c1-17(33-15-25(37)22-8-10-24(36)27-23(22)9-11-26(38)35-27)12-18-4-2-7-21(13-18)40-16-29(30,31)19-5-3-6-20(14-19)34-28(32)39/h2-11,13-14,17,25,33,36-37H,12,15-16H2,1H3,(H,35,38)(H3,32,34,39)/t17?,25-/m0/s1. The number of primary amides is 1. The van der Waals surface area contributed by atoms with Crippen LogP contribution in [0.4, 0.5) is 19.3 Å². The van der Waals surface area contributed by atoms with Gasteiger partial charge in [0, 0.05) is 35.3 Å². The topological polar surface area (TPSA) is 150 Å². The van der Waals surface area contributed by atoms with E-state index >= 15 is 0 Å². The Balaban J connectivity index is 1.34. The van der Waals surface area contributed by atoms with Crippen LogP contribution in [0, 0.1) is 0 Å². The van der Waals surface area contributed by atoms with Crippen LogP contribution in [-0.2, 0) is 12.3 Å². The number of anilines is 1. The van der Waals surface area contributed by atoms with Crippen LogP contribution in [0.25, 0.3) is 10.9 Å². The molecule has 0 radical (unpaired) electrons. The van der Waals surface area contributed by atoms with Crippen molar-refractivity contribution in [2.45, 2.75) is 31.4 Å². The summed E-state index contributed by atoms with van der Waals surface area (Å²) in [6.07, 6.45) is -0.379.